The van der Waals surface area contributed by atoms with Crippen LogP contribution in [0.4, 0.5) is 5.13 Å². The third-order valence-corrected chi connectivity index (χ3v) is 6.41. The van der Waals surface area contributed by atoms with Gasteiger partial charge in [-0.1, -0.05) is 48.4 Å². The molecule has 1 aliphatic rings. The molecule has 4 rings (SSSR count). The smallest absolute Gasteiger partial charge is 0.316 e. The molecule has 9 heteroatoms. The zero-order chi connectivity index (χ0) is 18.5. The predicted molar refractivity (Wildman–Crippen MR) is 106 cm³/mol. The van der Waals surface area contributed by atoms with E-state index in [4.69, 9.17) is 4.74 Å². The van der Waals surface area contributed by atoms with Crippen LogP contribution in [0.15, 0.2) is 34.9 Å². The van der Waals surface area contributed by atoms with Gasteiger partial charge in [0.1, 0.15) is 12.3 Å². The number of hydrogen-bond acceptors (Lipinski definition) is 8. The molecule has 0 saturated heterocycles. The van der Waals surface area contributed by atoms with E-state index in [9.17, 15) is 4.79 Å². The fraction of sp³-hybridized carbons (Fsp3) is 0.444. The Balaban J connectivity index is 1.22. The summed E-state index contributed by atoms with van der Waals surface area (Å²) in [6.45, 7) is 0.172. The third kappa shape index (κ3) is 4.98. The Hall–Kier alpha value is -2.13. The molecule has 3 aromatic heterocycles. The molecule has 0 unspecified atom stereocenters. The molecule has 0 aromatic carbocycles. The van der Waals surface area contributed by atoms with Crippen molar-refractivity contribution in [3.05, 3.63) is 36.3 Å². The number of nitrogens with one attached hydrogen (secondary N) is 1. The van der Waals surface area contributed by atoms with E-state index in [0.717, 1.165) is 20.8 Å². The second-order valence-electron chi connectivity index (χ2n) is 6.50. The van der Waals surface area contributed by atoms with E-state index in [1.54, 1.807) is 0 Å². The Morgan fingerprint density at radius 1 is 1.30 bits per heavy atom. The summed E-state index contributed by atoms with van der Waals surface area (Å²) >= 11 is 2.85. The van der Waals surface area contributed by atoms with Gasteiger partial charge >= 0.3 is 5.97 Å². The molecule has 1 aliphatic carbocycles. The van der Waals surface area contributed by atoms with Gasteiger partial charge < -0.3 is 14.5 Å². The van der Waals surface area contributed by atoms with Crippen LogP contribution in [-0.2, 0) is 16.1 Å². The average molecular weight is 404 g/mol. The highest BCUT2D eigenvalue weighted by atomic mass is 32.2. The second kappa shape index (κ2) is 8.71. The highest BCUT2D eigenvalue weighted by Gasteiger charge is 2.16. The van der Waals surface area contributed by atoms with Gasteiger partial charge in [-0.2, -0.15) is 0 Å². The first kappa shape index (κ1) is 18.2. The van der Waals surface area contributed by atoms with Crippen molar-refractivity contribution >= 4 is 39.8 Å². The molecule has 0 spiro atoms. The number of esters is 1. The number of fused-ring (bicyclic) bond motifs is 1. The molecule has 1 saturated carbocycles. The van der Waals surface area contributed by atoms with Gasteiger partial charge in [0, 0.05) is 18.4 Å². The summed E-state index contributed by atoms with van der Waals surface area (Å²) < 4.78 is 7.99. The standard InChI is InChI=1S/C18H21N5O2S2/c24-16(25-11-14-10-23-9-5-4-8-15(23)19-14)12-26-18-22-21-17(27-18)20-13-6-2-1-3-7-13/h4-5,8-10,13H,1-3,6-7,11-12H2,(H,20,21). The summed E-state index contributed by atoms with van der Waals surface area (Å²) in [7, 11) is 0. The summed E-state index contributed by atoms with van der Waals surface area (Å²) in [4.78, 5) is 16.4. The lowest BCUT2D eigenvalue weighted by molar-refractivity contribution is -0.141. The van der Waals surface area contributed by atoms with Crippen molar-refractivity contribution in [1.29, 1.82) is 0 Å². The van der Waals surface area contributed by atoms with E-state index in [1.165, 1.54) is 55.2 Å². The molecular weight excluding hydrogens is 382 g/mol. The highest BCUT2D eigenvalue weighted by Crippen LogP contribution is 2.28. The van der Waals surface area contributed by atoms with Gasteiger partial charge in [-0.15, -0.1) is 10.2 Å². The minimum atomic E-state index is -0.283. The number of rotatable bonds is 7. The molecule has 0 bridgehead atoms. The van der Waals surface area contributed by atoms with Crippen molar-refractivity contribution in [3.8, 4) is 0 Å². The summed E-state index contributed by atoms with van der Waals surface area (Å²) in [5.74, 6) is -0.0696. The zero-order valence-electron chi connectivity index (χ0n) is 14.8. The van der Waals surface area contributed by atoms with Crippen LogP contribution in [0.5, 0.6) is 0 Å². The average Bonchev–Trinajstić information content (AvgIpc) is 3.32. The first-order valence-electron chi connectivity index (χ1n) is 9.07. The van der Waals surface area contributed by atoms with Gasteiger partial charge in [0.05, 0.1) is 11.4 Å². The van der Waals surface area contributed by atoms with E-state index < -0.39 is 0 Å². The van der Waals surface area contributed by atoms with Crippen molar-refractivity contribution < 1.29 is 9.53 Å². The van der Waals surface area contributed by atoms with Crippen LogP contribution >= 0.6 is 23.1 Å². The predicted octanol–water partition coefficient (Wildman–Crippen LogP) is 3.77. The minimum Gasteiger partial charge on any atom is -0.458 e. The van der Waals surface area contributed by atoms with Crippen molar-refractivity contribution in [2.45, 2.75) is 49.1 Å². The number of anilines is 1. The third-order valence-electron chi connectivity index (χ3n) is 4.45. The number of imidazole rings is 1. The minimum absolute atomic E-state index is 0.172. The fourth-order valence-electron chi connectivity index (χ4n) is 3.12. The molecule has 27 heavy (non-hydrogen) atoms. The Labute approximate surface area is 165 Å². The molecule has 3 heterocycles. The Morgan fingerprint density at radius 2 is 2.19 bits per heavy atom. The maximum Gasteiger partial charge on any atom is 0.316 e. The first-order valence-corrected chi connectivity index (χ1v) is 10.9. The zero-order valence-corrected chi connectivity index (χ0v) is 16.5. The molecule has 7 nitrogen and oxygen atoms in total. The molecule has 0 amide bonds. The number of ether oxygens (including phenoxy) is 1. The van der Waals surface area contributed by atoms with Crippen LogP contribution in [0.1, 0.15) is 37.8 Å². The maximum atomic E-state index is 12.0. The molecule has 1 N–H and O–H groups in total. The van der Waals surface area contributed by atoms with E-state index in [1.807, 2.05) is 35.0 Å². The normalized spacial score (nSPS) is 15.1. The van der Waals surface area contributed by atoms with E-state index in [2.05, 4.69) is 20.5 Å². The van der Waals surface area contributed by atoms with Crippen LogP contribution < -0.4 is 5.32 Å². The van der Waals surface area contributed by atoms with E-state index in [0.29, 0.717) is 6.04 Å². The largest absolute Gasteiger partial charge is 0.458 e. The summed E-state index contributed by atoms with van der Waals surface area (Å²) in [5, 5.41) is 12.6. The van der Waals surface area contributed by atoms with Gasteiger partial charge in [0.2, 0.25) is 5.13 Å². The lowest BCUT2D eigenvalue weighted by Gasteiger charge is -2.21. The highest BCUT2D eigenvalue weighted by molar-refractivity contribution is 8.01. The topological polar surface area (TPSA) is 81.4 Å². The molecule has 0 radical (unpaired) electrons. The first-order chi connectivity index (χ1) is 13.3. The van der Waals surface area contributed by atoms with Crippen LogP contribution in [-0.4, -0.2) is 37.3 Å². The SMILES string of the molecule is O=C(CSc1nnc(NC2CCCCC2)s1)OCc1cn2ccccc2n1. The monoisotopic (exact) mass is 403 g/mol. The number of pyridine rings is 1. The lowest BCUT2D eigenvalue weighted by Crippen LogP contribution is -2.21. The Bertz CT molecular complexity index is 871. The molecule has 0 aliphatic heterocycles. The van der Waals surface area contributed by atoms with Crippen molar-refractivity contribution in [1.82, 2.24) is 19.6 Å². The maximum absolute atomic E-state index is 12.0. The number of carbonyl (C=O) groups excluding carboxylic acids is 1. The lowest BCUT2D eigenvalue weighted by atomic mass is 9.96. The van der Waals surface area contributed by atoms with Crippen molar-refractivity contribution in [3.63, 3.8) is 0 Å². The van der Waals surface area contributed by atoms with E-state index in [-0.39, 0.29) is 18.3 Å². The van der Waals surface area contributed by atoms with Gasteiger partial charge in [0.25, 0.3) is 0 Å². The number of nitrogens with zero attached hydrogens (tertiary/aromatic N) is 4. The summed E-state index contributed by atoms with van der Waals surface area (Å²) in [6, 6.07) is 6.27. The summed E-state index contributed by atoms with van der Waals surface area (Å²) in [5.41, 5.74) is 1.57. The number of carbonyl (C=O) groups is 1. The second-order valence-corrected chi connectivity index (χ2v) is 8.70. The van der Waals surface area contributed by atoms with Crippen LogP contribution in [0.25, 0.3) is 5.65 Å². The number of thioether (sulfide) groups is 1. The molecule has 142 valence electrons. The van der Waals surface area contributed by atoms with Gasteiger partial charge in [-0.25, -0.2) is 4.98 Å². The van der Waals surface area contributed by atoms with Crippen LogP contribution in [0, 0.1) is 0 Å². The Morgan fingerprint density at radius 3 is 3.04 bits per heavy atom. The van der Waals surface area contributed by atoms with Crippen molar-refractivity contribution in [2.24, 2.45) is 0 Å². The van der Waals surface area contributed by atoms with Gasteiger partial charge in [0.15, 0.2) is 4.34 Å². The van der Waals surface area contributed by atoms with E-state index >= 15 is 0 Å². The van der Waals surface area contributed by atoms with Crippen LogP contribution in [0.2, 0.25) is 0 Å². The Kier molecular flexibility index (Phi) is 5.88. The summed E-state index contributed by atoms with van der Waals surface area (Å²) in [6.07, 6.45) is 10.0. The molecular formula is C18H21N5O2S2. The van der Waals surface area contributed by atoms with Gasteiger partial charge in [-0.3, -0.25) is 4.79 Å². The fourth-order valence-corrected chi connectivity index (χ4v) is 4.75. The number of aromatic nitrogens is 4. The van der Waals surface area contributed by atoms with Gasteiger partial charge in [-0.05, 0) is 25.0 Å². The van der Waals surface area contributed by atoms with Crippen molar-refractivity contribution in [2.75, 3.05) is 11.1 Å². The van der Waals surface area contributed by atoms with Crippen LogP contribution in [0.3, 0.4) is 0 Å². The number of hydrogen-bond donors (Lipinski definition) is 1. The quantitative estimate of drug-likeness (QED) is 0.475. The molecule has 3 aromatic rings. The molecule has 1 fully saturated rings. The molecule has 0 atom stereocenters.